The van der Waals surface area contributed by atoms with Crippen molar-refractivity contribution in [3.63, 3.8) is 0 Å². The summed E-state index contributed by atoms with van der Waals surface area (Å²) in [6, 6.07) is 21.6. The van der Waals surface area contributed by atoms with Gasteiger partial charge < -0.3 is 9.47 Å². The topological polar surface area (TPSA) is 76.7 Å². The molecule has 0 atom stereocenters. The van der Waals surface area contributed by atoms with Crippen molar-refractivity contribution in [2.24, 2.45) is 0 Å². The van der Waals surface area contributed by atoms with E-state index in [0.717, 1.165) is 16.9 Å². The third-order valence-electron chi connectivity index (χ3n) is 4.55. The third kappa shape index (κ3) is 7.04. The molecule has 0 heterocycles. The van der Waals surface area contributed by atoms with Crippen LogP contribution >= 0.6 is 11.6 Å². The van der Waals surface area contributed by atoms with E-state index in [1.54, 1.807) is 55.6 Å². The van der Waals surface area contributed by atoms with E-state index in [-0.39, 0.29) is 18.2 Å². The molecular weight excluding hydrogens is 416 g/mol. The highest BCUT2D eigenvalue weighted by atomic mass is 35.5. The van der Waals surface area contributed by atoms with Gasteiger partial charge in [0.05, 0.1) is 7.11 Å². The van der Waals surface area contributed by atoms with Crippen molar-refractivity contribution in [2.45, 2.75) is 19.4 Å². The van der Waals surface area contributed by atoms with Crippen LogP contribution in [0.25, 0.3) is 0 Å². The summed E-state index contributed by atoms with van der Waals surface area (Å²) in [6.45, 7) is 0.367. The molecule has 0 fully saturated rings. The normalized spacial score (nSPS) is 10.3. The highest BCUT2D eigenvalue weighted by molar-refractivity contribution is 6.30. The Bertz CT molecular complexity index is 1000. The number of methoxy groups -OCH3 is 1. The maximum atomic E-state index is 12.2. The Hall–Kier alpha value is -3.51. The molecule has 0 aromatic heterocycles. The molecule has 6 nitrogen and oxygen atoms in total. The molecule has 160 valence electrons. The van der Waals surface area contributed by atoms with Crippen LogP contribution in [-0.2, 0) is 17.8 Å². The van der Waals surface area contributed by atoms with Gasteiger partial charge in [0.2, 0.25) is 5.91 Å². The van der Waals surface area contributed by atoms with Gasteiger partial charge in [-0.2, -0.15) is 0 Å². The summed E-state index contributed by atoms with van der Waals surface area (Å²) < 4.78 is 10.8. The summed E-state index contributed by atoms with van der Waals surface area (Å²) in [4.78, 5) is 24.2. The van der Waals surface area contributed by atoms with E-state index in [4.69, 9.17) is 21.1 Å². The molecule has 0 aliphatic carbocycles. The van der Waals surface area contributed by atoms with Gasteiger partial charge in [-0.15, -0.1) is 0 Å². The number of nitrogens with one attached hydrogen (secondary N) is 2. The molecule has 0 spiro atoms. The molecular formula is C24H23ClN2O4. The monoisotopic (exact) mass is 438 g/mol. The van der Waals surface area contributed by atoms with E-state index < -0.39 is 0 Å². The second-order valence-electron chi connectivity index (χ2n) is 6.79. The van der Waals surface area contributed by atoms with E-state index in [1.807, 2.05) is 24.3 Å². The highest BCUT2D eigenvalue weighted by Crippen LogP contribution is 2.17. The van der Waals surface area contributed by atoms with E-state index in [0.29, 0.717) is 29.4 Å². The second-order valence-corrected chi connectivity index (χ2v) is 7.23. The smallest absolute Gasteiger partial charge is 0.269 e. The van der Waals surface area contributed by atoms with Gasteiger partial charge in [0.1, 0.15) is 18.1 Å². The number of hydrogen-bond donors (Lipinski definition) is 2. The fourth-order valence-corrected chi connectivity index (χ4v) is 2.89. The Balaban J connectivity index is 1.41. The first-order valence-corrected chi connectivity index (χ1v) is 10.1. The zero-order valence-corrected chi connectivity index (χ0v) is 17.8. The zero-order valence-electron chi connectivity index (χ0n) is 17.1. The van der Waals surface area contributed by atoms with Crippen LogP contribution in [0.4, 0.5) is 0 Å². The van der Waals surface area contributed by atoms with Crippen molar-refractivity contribution >= 4 is 23.4 Å². The second kappa shape index (κ2) is 11.0. The summed E-state index contributed by atoms with van der Waals surface area (Å²) >= 11 is 5.85. The minimum atomic E-state index is -0.386. The first kappa shape index (κ1) is 22.2. The van der Waals surface area contributed by atoms with E-state index in [1.165, 1.54) is 0 Å². The Kier molecular flexibility index (Phi) is 7.90. The molecule has 3 aromatic rings. The molecule has 0 radical (unpaired) electrons. The molecule has 0 unspecified atom stereocenters. The summed E-state index contributed by atoms with van der Waals surface area (Å²) in [6.07, 6.45) is 0.821. The largest absolute Gasteiger partial charge is 0.497 e. The summed E-state index contributed by atoms with van der Waals surface area (Å²) in [5, 5.41) is 0.649. The number of aryl methyl sites for hydroxylation is 1. The van der Waals surface area contributed by atoms with Crippen LogP contribution in [0.3, 0.4) is 0 Å². The predicted molar refractivity (Wildman–Crippen MR) is 119 cm³/mol. The minimum absolute atomic E-state index is 0.258. The summed E-state index contributed by atoms with van der Waals surface area (Å²) in [7, 11) is 1.61. The van der Waals surface area contributed by atoms with Crippen molar-refractivity contribution in [1.82, 2.24) is 10.9 Å². The van der Waals surface area contributed by atoms with Gasteiger partial charge in [-0.05, 0) is 66.1 Å². The number of amides is 2. The SMILES string of the molecule is COc1ccc(CCC(=O)NNC(=O)c2ccc(COc3ccc(Cl)cc3)cc2)cc1. The lowest BCUT2D eigenvalue weighted by Crippen LogP contribution is -2.41. The van der Waals surface area contributed by atoms with Gasteiger partial charge in [-0.25, -0.2) is 0 Å². The van der Waals surface area contributed by atoms with Gasteiger partial charge in [0, 0.05) is 17.0 Å². The lowest BCUT2D eigenvalue weighted by molar-refractivity contribution is -0.121. The van der Waals surface area contributed by atoms with Gasteiger partial charge in [-0.1, -0.05) is 35.9 Å². The van der Waals surface area contributed by atoms with Gasteiger partial charge in [-0.3, -0.25) is 20.4 Å². The lowest BCUT2D eigenvalue weighted by atomic mass is 10.1. The van der Waals surface area contributed by atoms with Crippen LogP contribution in [0.5, 0.6) is 11.5 Å². The average molecular weight is 439 g/mol. The van der Waals surface area contributed by atoms with Crippen molar-refractivity contribution in [1.29, 1.82) is 0 Å². The van der Waals surface area contributed by atoms with E-state index in [2.05, 4.69) is 10.9 Å². The molecule has 0 saturated heterocycles. The maximum Gasteiger partial charge on any atom is 0.269 e. The van der Waals surface area contributed by atoms with Crippen LogP contribution in [0.15, 0.2) is 72.8 Å². The van der Waals surface area contributed by atoms with Crippen molar-refractivity contribution in [2.75, 3.05) is 7.11 Å². The molecule has 2 amide bonds. The maximum absolute atomic E-state index is 12.2. The van der Waals surface area contributed by atoms with E-state index >= 15 is 0 Å². The van der Waals surface area contributed by atoms with Crippen molar-refractivity contribution in [3.8, 4) is 11.5 Å². The van der Waals surface area contributed by atoms with Gasteiger partial charge in [0.15, 0.2) is 0 Å². The number of rotatable bonds is 8. The number of halogens is 1. The minimum Gasteiger partial charge on any atom is -0.497 e. The van der Waals surface area contributed by atoms with Crippen molar-refractivity contribution in [3.05, 3.63) is 94.5 Å². The molecule has 2 N–H and O–H groups in total. The number of ether oxygens (including phenoxy) is 2. The highest BCUT2D eigenvalue weighted by Gasteiger charge is 2.08. The van der Waals surface area contributed by atoms with Crippen molar-refractivity contribution < 1.29 is 19.1 Å². The number of benzene rings is 3. The molecule has 3 aromatic carbocycles. The molecule has 0 aliphatic heterocycles. The standard InChI is InChI=1S/C24H23ClN2O4/c1-30-21-11-4-17(5-12-21)6-15-23(28)26-27-24(29)19-7-2-18(3-8-19)16-31-22-13-9-20(25)10-14-22/h2-5,7-14H,6,15-16H2,1H3,(H,26,28)(H,27,29). The number of hydrazine groups is 1. The van der Waals surface area contributed by atoms with E-state index in [9.17, 15) is 9.59 Å². The predicted octanol–water partition coefficient (Wildman–Crippen LogP) is 4.32. The summed E-state index contributed by atoms with van der Waals surface area (Å²) in [5.41, 5.74) is 7.24. The fourth-order valence-electron chi connectivity index (χ4n) is 2.76. The number of carbonyl (C=O) groups excluding carboxylic acids is 2. The fraction of sp³-hybridized carbons (Fsp3) is 0.167. The van der Waals surface area contributed by atoms with Crippen LogP contribution in [-0.4, -0.2) is 18.9 Å². The lowest BCUT2D eigenvalue weighted by Gasteiger charge is -2.09. The first-order valence-electron chi connectivity index (χ1n) is 9.73. The van der Waals surface area contributed by atoms with Gasteiger partial charge >= 0.3 is 0 Å². The number of carbonyl (C=O) groups is 2. The Morgan fingerprint density at radius 3 is 2.06 bits per heavy atom. The van der Waals surface area contributed by atoms with Crippen LogP contribution in [0.2, 0.25) is 5.02 Å². The van der Waals surface area contributed by atoms with Crippen LogP contribution < -0.4 is 20.3 Å². The first-order chi connectivity index (χ1) is 15.0. The molecule has 3 rings (SSSR count). The van der Waals surface area contributed by atoms with Gasteiger partial charge in [0.25, 0.3) is 5.91 Å². The van der Waals surface area contributed by atoms with Crippen LogP contribution in [0.1, 0.15) is 27.9 Å². The average Bonchev–Trinajstić information content (AvgIpc) is 2.81. The Labute approximate surface area is 186 Å². The Morgan fingerprint density at radius 1 is 0.806 bits per heavy atom. The molecule has 0 saturated carbocycles. The molecule has 0 bridgehead atoms. The molecule has 0 aliphatic rings. The quantitative estimate of drug-likeness (QED) is 0.513. The zero-order chi connectivity index (χ0) is 22.1. The van der Waals surface area contributed by atoms with Crippen LogP contribution in [0, 0.1) is 0 Å². The molecule has 7 heteroatoms. The third-order valence-corrected chi connectivity index (χ3v) is 4.80. The summed E-state index contributed by atoms with van der Waals surface area (Å²) in [5.74, 6) is 0.826. The number of hydrogen-bond acceptors (Lipinski definition) is 4. The Morgan fingerprint density at radius 2 is 1.42 bits per heavy atom. The molecule has 31 heavy (non-hydrogen) atoms.